The average molecular weight is 315 g/mol. The molecule has 0 aliphatic rings. The lowest BCUT2D eigenvalue weighted by Gasteiger charge is -2.22. The van der Waals surface area contributed by atoms with Crippen LogP contribution in [-0.2, 0) is 19.1 Å². The molecule has 0 fully saturated rings. The third kappa shape index (κ3) is 9.79. The van der Waals surface area contributed by atoms with Crippen molar-refractivity contribution in [1.29, 1.82) is 0 Å². The summed E-state index contributed by atoms with van der Waals surface area (Å²) in [5, 5.41) is 11.4. The quantitative estimate of drug-likeness (QED) is 0.405. The molecular weight excluding hydrogens is 290 g/mol. The van der Waals surface area contributed by atoms with Crippen LogP contribution in [0, 0.1) is 0 Å². The van der Waals surface area contributed by atoms with Gasteiger partial charge in [-0.3, -0.25) is 0 Å². The number of esters is 1. The minimum atomic E-state index is -1.13. The van der Waals surface area contributed by atoms with Crippen LogP contribution in [0.5, 0.6) is 0 Å². The van der Waals surface area contributed by atoms with Gasteiger partial charge in [-0.2, -0.15) is 0 Å². The average Bonchev–Trinajstić information content (AvgIpc) is 2.33. The first-order chi connectivity index (χ1) is 10.0. The number of carbonyl (C=O) groups excluding carboxylic acids is 2. The summed E-state index contributed by atoms with van der Waals surface area (Å²) >= 11 is 0. The monoisotopic (exact) mass is 315 g/mol. The van der Waals surface area contributed by atoms with Gasteiger partial charge in [0.2, 0.25) is 0 Å². The van der Waals surface area contributed by atoms with E-state index in [2.05, 4.69) is 11.9 Å². The van der Waals surface area contributed by atoms with Gasteiger partial charge in [0.1, 0.15) is 11.6 Å². The summed E-state index contributed by atoms with van der Waals surface area (Å²) < 4.78 is 9.91. The topological polar surface area (TPSA) is 102 Å². The minimum Gasteiger partial charge on any atom is -0.480 e. The Morgan fingerprint density at radius 3 is 2.27 bits per heavy atom. The molecule has 0 aliphatic carbocycles. The van der Waals surface area contributed by atoms with E-state index in [0.29, 0.717) is 18.4 Å². The lowest BCUT2D eigenvalue weighted by Crippen LogP contribution is -2.43. The molecule has 1 unspecified atom stereocenters. The van der Waals surface area contributed by atoms with Crippen LogP contribution in [0.4, 0.5) is 4.79 Å². The maximum Gasteiger partial charge on any atom is 0.408 e. The molecule has 0 bridgehead atoms. The van der Waals surface area contributed by atoms with Gasteiger partial charge < -0.3 is 19.9 Å². The van der Waals surface area contributed by atoms with Crippen molar-refractivity contribution in [2.24, 2.45) is 0 Å². The van der Waals surface area contributed by atoms with Crippen LogP contribution in [0.25, 0.3) is 0 Å². The number of carboxylic acids is 1. The van der Waals surface area contributed by atoms with Crippen molar-refractivity contribution in [3.8, 4) is 0 Å². The third-order valence-electron chi connectivity index (χ3n) is 2.46. The zero-order valence-corrected chi connectivity index (χ0v) is 13.6. The number of carbonyl (C=O) groups is 3. The molecule has 1 amide bonds. The third-order valence-corrected chi connectivity index (χ3v) is 2.46. The second kappa shape index (κ2) is 9.07. The van der Waals surface area contributed by atoms with E-state index in [1.807, 2.05) is 0 Å². The van der Waals surface area contributed by atoms with E-state index in [-0.39, 0.29) is 13.0 Å². The highest BCUT2D eigenvalue weighted by Gasteiger charge is 2.23. The summed E-state index contributed by atoms with van der Waals surface area (Å²) in [5.41, 5.74) is -0.376. The van der Waals surface area contributed by atoms with E-state index in [4.69, 9.17) is 14.6 Å². The van der Waals surface area contributed by atoms with Crippen molar-refractivity contribution >= 4 is 18.0 Å². The number of hydrogen-bond donors (Lipinski definition) is 2. The second-order valence-corrected chi connectivity index (χ2v) is 5.95. The molecule has 0 heterocycles. The number of rotatable bonds is 8. The van der Waals surface area contributed by atoms with E-state index in [1.165, 1.54) is 0 Å². The maximum atomic E-state index is 11.6. The van der Waals surface area contributed by atoms with Crippen molar-refractivity contribution < 1.29 is 29.0 Å². The molecule has 0 radical (unpaired) electrons. The Balaban J connectivity index is 4.11. The van der Waals surface area contributed by atoms with E-state index in [0.717, 1.165) is 0 Å². The van der Waals surface area contributed by atoms with Gasteiger partial charge in [0, 0.05) is 5.57 Å². The lowest BCUT2D eigenvalue weighted by atomic mass is 10.1. The Bertz CT molecular complexity index is 424. The van der Waals surface area contributed by atoms with Gasteiger partial charge in [0.15, 0.2) is 0 Å². The molecular formula is C15H25NO6. The summed E-state index contributed by atoms with van der Waals surface area (Å²) in [6.45, 7) is 10.3. The number of carboxylic acid groups (broad SMARTS) is 1. The van der Waals surface area contributed by atoms with Crippen LogP contribution >= 0.6 is 0 Å². The molecule has 7 nitrogen and oxygen atoms in total. The van der Waals surface area contributed by atoms with Crippen LogP contribution in [0.1, 0.15) is 47.0 Å². The van der Waals surface area contributed by atoms with Crippen LogP contribution in [0.15, 0.2) is 12.2 Å². The maximum absolute atomic E-state index is 11.6. The SMILES string of the molecule is C=C(C)C(=O)OCCCCC(NC(=O)OC(C)(C)C)C(=O)O. The first-order valence-electron chi connectivity index (χ1n) is 7.08. The largest absolute Gasteiger partial charge is 0.480 e. The van der Waals surface area contributed by atoms with E-state index < -0.39 is 29.7 Å². The van der Waals surface area contributed by atoms with Crippen LogP contribution in [0.2, 0.25) is 0 Å². The molecule has 7 heteroatoms. The lowest BCUT2D eigenvalue weighted by molar-refractivity contribution is -0.141. The van der Waals surface area contributed by atoms with Crippen LogP contribution in [-0.4, -0.2) is 41.4 Å². The molecule has 0 aromatic carbocycles. The molecule has 0 spiro atoms. The Hall–Kier alpha value is -2.05. The Morgan fingerprint density at radius 2 is 1.82 bits per heavy atom. The van der Waals surface area contributed by atoms with Gasteiger partial charge in [0.25, 0.3) is 0 Å². The van der Waals surface area contributed by atoms with Crippen LogP contribution < -0.4 is 5.32 Å². The van der Waals surface area contributed by atoms with Gasteiger partial charge >= 0.3 is 18.0 Å². The van der Waals surface area contributed by atoms with Crippen molar-refractivity contribution in [2.45, 2.75) is 58.6 Å². The predicted octanol–water partition coefficient (Wildman–Crippen LogP) is 2.25. The molecule has 0 saturated heterocycles. The molecule has 1 atom stereocenters. The van der Waals surface area contributed by atoms with Gasteiger partial charge in [-0.25, -0.2) is 14.4 Å². The standard InChI is InChI=1S/C15H25NO6/c1-10(2)13(19)21-9-7-6-8-11(12(17)18)16-14(20)22-15(3,4)5/h11H,1,6-9H2,2-5H3,(H,16,20)(H,17,18). The Morgan fingerprint density at radius 1 is 1.23 bits per heavy atom. The number of alkyl carbamates (subject to hydrolysis) is 1. The summed E-state index contributed by atoms with van der Waals surface area (Å²) in [7, 11) is 0. The molecule has 0 saturated carbocycles. The van der Waals surface area contributed by atoms with Gasteiger partial charge in [-0.1, -0.05) is 6.58 Å². The van der Waals surface area contributed by atoms with E-state index >= 15 is 0 Å². The highest BCUT2D eigenvalue weighted by Crippen LogP contribution is 2.08. The molecule has 0 aromatic heterocycles. The van der Waals surface area contributed by atoms with Gasteiger partial charge in [0.05, 0.1) is 6.61 Å². The highest BCUT2D eigenvalue weighted by molar-refractivity contribution is 5.86. The Labute approximate surface area is 130 Å². The van der Waals surface area contributed by atoms with Crippen molar-refractivity contribution in [3.63, 3.8) is 0 Å². The summed E-state index contributed by atoms with van der Waals surface area (Å²) in [5.74, 6) is -1.61. The smallest absolute Gasteiger partial charge is 0.408 e. The summed E-state index contributed by atoms with van der Waals surface area (Å²) in [4.78, 5) is 33.8. The minimum absolute atomic E-state index is 0.185. The fourth-order valence-corrected chi connectivity index (χ4v) is 1.45. The molecule has 22 heavy (non-hydrogen) atoms. The molecule has 126 valence electrons. The normalized spacial score (nSPS) is 12.2. The fourth-order valence-electron chi connectivity index (χ4n) is 1.45. The molecule has 2 N–H and O–H groups in total. The number of aliphatic carboxylic acids is 1. The van der Waals surface area contributed by atoms with E-state index in [9.17, 15) is 14.4 Å². The molecule has 0 aromatic rings. The van der Waals surface area contributed by atoms with Crippen molar-refractivity contribution in [2.75, 3.05) is 6.61 Å². The fraction of sp³-hybridized carbons (Fsp3) is 0.667. The number of hydrogen-bond acceptors (Lipinski definition) is 5. The number of unbranched alkanes of at least 4 members (excludes halogenated alkanes) is 1. The highest BCUT2D eigenvalue weighted by atomic mass is 16.6. The first-order valence-corrected chi connectivity index (χ1v) is 7.08. The number of amides is 1. The summed E-state index contributed by atoms with van der Waals surface area (Å²) in [6.07, 6.45) is 0.433. The van der Waals surface area contributed by atoms with Gasteiger partial charge in [-0.15, -0.1) is 0 Å². The summed E-state index contributed by atoms with van der Waals surface area (Å²) in [6, 6.07) is -1.04. The van der Waals surface area contributed by atoms with Gasteiger partial charge in [-0.05, 0) is 47.0 Å². The van der Waals surface area contributed by atoms with E-state index in [1.54, 1.807) is 27.7 Å². The molecule has 0 aliphatic heterocycles. The van der Waals surface area contributed by atoms with Crippen LogP contribution in [0.3, 0.4) is 0 Å². The number of nitrogens with one attached hydrogen (secondary N) is 1. The number of ether oxygens (including phenoxy) is 2. The first kappa shape index (κ1) is 19.9. The van der Waals surface area contributed by atoms with Crippen molar-refractivity contribution in [1.82, 2.24) is 5.32 Å². The van der Waals surface area contributed by atoms with Crippen molar-refractivity contribution in [3.05, 3.63) is 12.2 Å². The molecule has 0 rings (SSSR count). The second-order valence-electron chi connectivity index (χ2n) is 5.95. The zero-order valence-electron chi connectivity index (χ0n) is 13.6. The Kier molecular flexibility index (Phi) is 8.22. The zero-order chi connectivity index (χ0) is 17.3. The predicted molar refractivity (Wildman–Crippen MR) is 80.4 cm³/mol.